The van der Waals surface area contributed by atoms with Gasteiger partial charge in [0.05, 0.1) is 24.0 Å². The summed E-state index contributed by atoms with van der Waals surface area (Å²) in [4.78, 5) is 4.40. The van der Waals surface area contributed by atoms with Gasteiger partial charge in [0.2, 0.25) is 0 Å². The van der Waals surface area contributed by atoms with Crippen LogP contribution in [0.1, 0.15) is 17.5 Å². The zero-order chi connectivity index (χ0) is 14.7. The molecule has 0 aliphatic rings. The number of para-hydroxylation sites is 2. The third kappa shape index (κ3) is 3.24. The van der Waals surface area contributed by atoms with Gasteiger partial charge in [-0.2, -0.15) is 0 Å². The fourth-order valence-electron chi connectivity index (χ4n) is 2.63. The third-order valence-electron chi connectivity index (χ3n) is 3.53. The van der Waals surface area contributed by atoms with Crippen molar-refractivity contribution in [1.82, 2.24) is 9.55 Å². The van der Waals surface area contributed by atoms with Gasteiger partial charge in [0.15, 0.2) is 0 Å². The molecule has 0 spiro atoms. The van der Waals surface area contributed by atoms with E-state index < -0.39 is 0 Å². The molecule has 1 heterocycles. The molecule has 0 amide bonds. The van der Waals surface area contributed by atoms with E-state index in [2.05, 4.69) is 47.7 Å². The standard InChI is InChI=1S/C18H20N2O/c1-14-10-15(2)12-16(11-14)21-9-5-8-20-13-19-17-6-3-4-7-18(17)20/h3-4,6-7,10-13H,5,8-9H2,1-2H3. The van der Waals surface area contributed by atoms with Gasteiger partial charge in [-0.25, -0.2) is 4.98 Å². The van der Waals surface area contributed by atoms with Crippen molar-refractivity contribution >= 4 is 11.0 Å². The van der Waals surface area contributed by atoms with E-state index in [-0.39, 0.29) is 0 Å². The van der Waals surface area contributed by atoms with Gasteiger partial charge in [0.25, 0.3) is 0 Å². The van der Waals surface area contributed by atoms with Crippen molar-refractivity contribution in [1.29, 1.82) is 0 Å². The summed E-state index contributed by atoms with van der Waals surface area (Å²) in [5.41, 5.74) is 4.72. The Morgan fingerprint density at radius 3 is 2.62 bits per heavy atom. The fraction of sp³-hybridized carbons (Fsp3) is 0.278. The highest BCUT2D eigenvalue weighted by Gasteiger charge is 2.01. The minimum Gasteiger partial charge on any atom is -0.494 e. The number of nitrogens with zero attached hydrogens (tertiary/aromatic N) is 2. The largest absolute Gasteiger partial charge is 0.494 e. The Morgan fingerprint density at radius 1 is 1.05 bits per heavy atom. The Labute approximate surface area is 125 Å². The molecule has 3 rings (SSSR count). The van der Waals surface area contributed by atoms with Crippen molar-refractivity contribution in [3.05, 3.63) is 59.9 Å². The van der Waals surface area contributed by atoms with Crippen LogP contribution in [-0.4, -0.2) is 16.2 Å². The normalized spacial score (nSPS) is 11.0. The van der Waals surface area contributed by atoms with Crippen LogP contribution in [0.3, 0.4) is 0 Å². The predicted molar refractivity (Wildman–Crippen MR) is 85.8 cm³/mol. The van der Waals surface area contributed by atoms with E-state index in [9.17, 15) is 0 Å². The molecule has 0 aliphatic heterocycles. The van der Waals surface area contributed by atoms with Gasteiger partial charge in [0.1, 0.15) is 5.75 Å². The number of imidazole rings is 1. The number of hydrogen-bond acceptors (Lipinski definition) is 2. The molecule has 3 aromatic rings. The first kappa shape index (κ1) is 13.7. The maximum Gasteiger partial charge on any atom is 0.119 e. The summed E-state index contributed by atoms with van der Waals surface area (Å²) in [6, 6.07) is 14.5. The Morgan fingerprint density at radius 2 is 1.81 bits per heavy atom. The summed E-state index contributed by atoms with van der Waals surface area (Å²) >= 11 is 0. The van der Waals surface area contributed by atoms with E-state index in [0.29, 0.717) is 0 Å². The molecule has 0 radical (unpaired) electrons. The zero-order valence-corrected chi connectivity index (χ0v) is 12.5. The highest BCUT2D eigenvalue weighted by molar-refractivity contribution is 5.74. The predicted octanol–water partition coefficient (Wildman–Crippen LogP) is 4.12. The monoisotopic (exact) mass is 280 g/mol. The minimum atomic E-state index is 0.718. The molecule has 108 valence electrons. The summed E-state index contributed by atoms with van der Waals surface area (Å²) in [5, 5.41) is 0. The molecular formula is C18H20N2O. The molecule has 2 aromatic carbocycles. The van der Waals surface area contributed by atoms with Crippen LogP contribution in [0.2, 0.25) is 0 Å². The molecule has 0 bridgehead atoms. The summed E-state index contributed by atoms with van der Waals surface area (Å²) in [7, 11) is 0. The first-order chi connectivity index (χ1) is 10.2. The topological polar surface area (TPSA) is 27.1 Å². The molecule has 21 heavy (non-hydrogen) atoms. The lowest BCUT2D eigenvalue weighted by Gasteiger charge is -2.09. The van der Waals surface area contributed by atoms with Crippen LogP contribution >= 0.6 is 0 Å². The molecular weight excluding hydrogens is 260 g/mol. The first-order valence-electron chi connectivity index (χ1n) is 7.33. The van der Waals surface area contributed by atoms with Gasteiger partial charge in [-0.15, -0.1) is 0 Å². The highest BCUT2D eigenvalue weighted by atomic mass is 16.5. The summed E-state index contributed by atoms with van der Waals surface area (Å²) in [6.07, 6.45) is 2.87. The van der Waals surface area contributed by atoms with Crippen molar-refractivity contribution < 1.29 is 4.74 Å². The molecule has 3 nitrogen and oxygen atoms in total. The van der Waals surface area contributed by atoms with Gasteiger partial charge in [-0.05, 0) is 55.7 Å². The summed E-state index contributed by atoms with van der Waals surface area (Å²) < 4.78 is 8.03. The number of hydrogen-bond donors (Lipinski definition) is 0. The lowest BCUT2D eigenvalue weighted by molar-refractivity contribution is 0.302. The van der Waals surface area contributed by atoms with Crippen LogP contribution in [0, 0.1) is 13.8 Å². The molecule has 0 N–H and O–H groups in total. The van der Waals surface area contributed by atoms with Gasteiger partial charge >= 0.3 is 0 Å². The molecule has 0 fully saturated rings. The smallest absolute Gasteiger partial charge is 0.119 e. The zero-order valence-electron chi connectivity index (χ0n) is 12.5. The van der Waals surface area contributed by atoms with Crippen LogP contribution in [0.15, 0.2) is 48.8 Å². The van der Waals surface area contributed by atoms with E-state index in [1.807, 2.05) is 24.5 Å². The molecule has 0 saturated carbocycles. The van der Waals surface area contributed by atoms with Gasteiger partial charge in [-0.3, -0.25) is 0 Å². The van der Waals surface area contributed by atoms with Crippen LogP contribution in [0.5, 0.6) is 5.75 Å². The van der Waals surface area contributed by atoms with Gasteiger partial charge in [-0.1, -0.05) is 18.2 Å². The van der Waals surface area contributed by atoms with Crippen molar-refractivity contribution in [3.8, 4) is 5.75 Å². The number of rotatable bonds is 5. The molecule has 1 aromatic heterocycles. The van der Waals surface area contributed by atoms with Crippen LogP contribution < -0.4 is 4.74 Å². The summed E-state index contributed by atoms with van der Waals surface area (Å²) in [6.45, 7) is 5.83. The molecule has 3 heteroatoms. The maximum absolute atomic E-state index is 5.84. The number of benzene rings is 2. The molecule has 0 saturated heterocycles. The second-order valence-corrected chi connectivity index (χ2v) is 5.45. The van der Waals surface area contributed by atoms with Crippen LogP contribution in [0.25, 0.3) is 11.0 Å². The molecule has 0 atom stereocenters. The second kappa shape index (κ2) is 6.00. The first-order valence-corrected chi connectivity index (χ1v) is 7.33. The van der Waals surface area contributed by atoms with Crippen molar-refractivity contribution in [2.75, 3.05) is 6.61 Å². The lowest BCUT2D eigenvalue weighted by atomic mass is 10.1. The highest BCUT2D eigenvalue weighted by Crippen LogP contribution is 2.17. The average molecular weight is 280 g/mol. The second-order valence-electron chi connectivity index (χ2n) is 5.45. The van der Waals surface area contributed by atoms with Gasteiger partial charge < -0.3 is 9.30 Å². The van der Waals surface area contributed by atoms with Crippen LogP contribution in [0.4, 0.5) is 0 Å². The lowest BCUT2D eigenvalue weighted by Crippen LogP contribution is -2.04. The summed E-state index contributed by atoms with van der Waals surface area (Å²) in [5.74, 6) is 0.961. The van der Waals surface area contributed by atoms with E-state index in [1.54, 1.807) is 0 Å². The Hall–Kier alpha value is -2.29. The molecule has 0 aliphatic carbocycles. The van der Waals surface area contributed by atoms with Crippen molar-refractivity contribution in [2.24, 2.45) is 0 Å². The Balaban J connectivity index is 1.56. The number of aromatic nitrogens is 2. The van der Waals surface area contributed by atoms with E-state index >= 15 is 0 Å². The number of aryl methyl sites for hydroxylation is 3. The Bertz CT molecular complexity index is 726. The van der Waals surface area contributed by atoms with E-state index in [4.69, 9.17) is 4.74 Å². The fourth-order valence-corrected chi connectivity index (χ4v) is 2.63. The minimum absolute atomic E-state index is 0.718. The van der Waals surface area contributed by atoms with E-state index in [0.717, 1.165) is 30.8 Å². The number of fused-ring (bicyclic) bond motifs is 1. The van der Waals surface area contributed by atoms with E-state index in [1.165, 1.54) is 16.6 Å². The third-order valence-corrected chi connectivity index (χ3v) is 3.53. The molecule has 0 unspecified atom stereocenters. The van der Waals surface area contributed by atoms with Crippen LogP contribution in [-0.2, 0) is 6.54 Å². The number of ether oxygens (including phenoxy) is 1. The average Bonchev–Trinajstić information content (AvgIpc) is 2.86. The van der Waals surface area contributed by atoms with Crippen molar-refractivity contribution in [3.63, 3.8) is 0 Å². The maximum atomic E-state index is 5.84. The van der Waals surface area contributed by atoms with Crippen molar-refractivity contribution in [2.45, 2.75) is 26.8 Å². The quantitative estimate of drug-likeness (QED) is 0.657. The SMILES string of the molecule is Cc1cc(C)cc(OCCCn2cnc3ccccc32)c1. The Kier molecular flexibility index (Phi) is 3.91. The van der Waals surface area contributed by atoms with Gasteiger partial charge in [0, 0.05) is 6.54 Å².